The van der Waals surface area contributed by atoms with E-state index in [0.29, 0.717) is 74.6 Å². The maximum Gasteiger partial charge on any atom is 0.402 e. The van der Waals surface area contributed by atoms with Gasteiger partial charge in [0.15, 0.2) is 0 Å². The first kappa shape index (κ1) is 39.6. The van der Waals surface area contributed by atoms with Crippen LogP contribution in [0, 0.1) is 0 Å². The van der Waals surface area contributed by atoms with Crippen molar-refractivity contribution >= 4 is 22.9 Å². The Morgan fingerprint density at radius 3 is 1.35 bits per heavy atom. The summed E-state index contributed by atoms with van der Waals surface area (Å²) in [6.07, 6.45) is -0.854. The number of hydrogen-bond acceptors (Lipinski definition) is 8. The Morgan fingerprint density at radius 2 is 0.981 bits per heavy atom. The number of alkyl halides is 3. The van der Waals surface area contributed by atoms with Crippen LogP contribution in [0.4, 0.5) is 24.5 Å². The highest BCUT2D eigenvalue weighted by Crippen LogP contribution is 2.47. The third kappa shape index (κ3) is 11.2. The van der Waals surface area contributed by atoms with E-state index in [1.165, 1.54) is 36.4 Å². The maximum absolute atomic E-state index is 15.0. The van der Waals surface area contributed by atoms with Crippen LogP contribution in [0.2, 0.25) is 0 Å². The molecule has 0 saturated carbocycles. The van der Waals surface area contributed by atoms with Gasteiger partial charge in [0, 0.05) is 48.2 Å². The molecule has 278 valence electrons. The summed E-state index contributed by atoms with van der Waals surface area (Å²) in [5.41, 5.74) is 9.89. The summed E-state index contributed by atoms with van der Waals surface area (Å²) in [6, 6.07) is 21.2. The van der Waals surface area contributed by atoms with Gasteiger partial charge in [-0.3, -0.25) is 9.59 Å². The molecule has 0 amide bonds. The zero-order valence-electron chi connectivity index (χ0n) is 29.4. The number of nitrogens with two attached hydrogens (primary N) is 2. The second kappa shape index (κ2) is 18.3. The summed E-state index contributed by atoms with van der Waals surface area (Å²) in [6.45, 7) is 1.95. The van der Waals surface area contributed by atoms with E-state index in [1.54, 1.807) is 48.5 Å². The minimum atomic E-state index is -4.80. The Balaban J connectivity index is 1.33. The van der Waals surface area contributed by atoms with Crippen LogP contribution in [-0.4, -0.2) is 41.2 Å². The first-order valence-corrected chi connectivity index (χ1v) is 17.5. The second-order valence-corrected chi connectivity index (χ2v) is 13.2. The van der Waals surface area contributed by atoms with Gasteiger partial charge < -0.3 is 31.2 Å². The largest absolute Gasteiger partial charge is 0.508 e. The van der Waals surface area contributed by atoms with Gasteiger partial charge in [-0.05, 0) is 117 Å². The first-order chi connectivity index (χ1) is 24.8. The molecule has 8 nitrogen and oxygen atoms in total. The number of aromatic hydroxyl groups is 2. The molecule has 0 unspecified atom stereocenters. The van der Waals surface area contributed by atoms with Crippen LogP contribution in [0.1, 0.15) is 80.5 Å². The number of phenols is 2. The van der Waals surface area contributed by atoms with Gasteiger partial charge in [-0.25, -0.2) is 0 Å². The fourth-order valence-electron chi connectivity index (χ4n) is 5.88. The lowest BCUT2D eigenvalue weighted by atomic mass is 9.74. The molecule has 4 aromatic carbocycles. The van der Waals surface area contributed by atoms with Crippen molar-refractivity contribution in [2.45, 2.75) is 82.7 Å². The van der Waals surface area contributed by atoms with E-state index in [-0.39, 0.29) is 71.0 Å². The average molecular weight is 721 g/mol. The van der Waals surface area contributed by atoms with Gasteiger partial charge in [-0.1, -0.05) is 24.3 Å². The highest BCUT2D eigenvalue weighted by atomic mass is 19.4. The summed E-state index contributed by atoms with van der Waals surface area (Å²) in [5.74, 6) is 0.437. The van der Waals surface area contributed by atoms with Crippen molar-refractivity contribution in [3.05, 3.63) is 107 Å². The molecule has 0 aliphatic rings. The number of rotatable bonds is 20. The van der Waals surface area contributed by atoms with E-state index in [9.17, 15) is 33.0 Å². The summed E-state index contributed by atoms with van der Waals surface area (Å²) < 4.78 is 56.2. The molecule has 0 bridgehead atoms. The van der Waals surface area contributed by atoms with Crippen LogP contribution in [-0.2, 0) is 27.8 Å². The molecular formula is C41H47F3N2O6. The number of ketones is 2. The molecule has 0 spiro atoms. The van der Waals surface area contributed by atoms with Crippen molar-refractivity contribution in [3.8, 4) is 23.0 Å². The summed E-state index contributed by atoms with van der Waals surface area (Å²) in [7, 11) is 0. The van der Waals surface area contributed by atoms with Gasteiger partial charge in [0.25, 0.3) is 0 Å². The SMILES string of the molecule is CC(c1ccc(O)c(CC(=O)CCCCCOc2ccc(N)cc2)c1)(c1ccc(O)c(CC(=O)CCCCCOc2ccc(N)cc2)c1)C(F)(F)F. The van der Waals surface area contributed by atoms with Crippen molar-refractivity contribution in [1.82, 2.24) is 0 Å². The monoisotopic (exact) mass is 720 g/mol. The highest BCUT2D eigenvalue weighted by molar-refractivity contribution is 5.82. The van der Waals surface area contributed by atoms with Crippen LogP contribution >= 0.6 is 0 Å². The molecule has 0 radical (unpaired) electrons. The third-order valence-corrected chi connectivity index (χ3v) is 9.15. The molecule has 0 atom stereocenters. The molecule has 0 aliphatic heterocycles. The van der Waals surface area contributed by atoms with Crippen molar-refractivity contribution in [2.75, 3.05) is 24.7 Å². The minimum Gasteiger partial charge on any atom is -0.508 e. The molecule has 0 aromatic heterocycles. The molecule has 52 heavy (non-hydrogen) atoms. The van der Waals surface area contributed by atoms with Crippen LogP contribution in [0.25, 0.3) is 0 Å². The fourth-order valence-corrected chi connectivity index (χ4v) is 5.88. The number of anilines is 2. The predicted molar refractivity (Wildman–Crippen MR) is 196 cm³/mol. The Kier molecular flexibility index (Phi) is 14.0. The van der Waals surface area contributed by atoms with E-state index >= 15 is 0 Å². The molecule has 0 aliphatic carbocycles. The van der Waals surface area contributed by atoms with Crippen LogP contribution < -0.4 is 20.9 Å². The van der Waals surface area contributed by atoms with Crippen molar-refractivity contribution in [1.29, 1.82) is 0 Å². The molecule has 0 fully saturated rings. The average Bonchev–Trinajstić information content (AvgIpc) is 3.10. The van der Waals surface area contributed by atoms with E-state index in [0.717, 1.165) is 6.92 Å². The molecular weight excluding hydrogens is 673 g/mol. The Hall–Kier alpha value is -5.19. The molecule has 0 heterocycles. The smallest absolute Gasteiger partial charge is 0.402 e. The molecule has 11 heteroatoms. The van der Waals surface area contributed by atoms with Crippen LogP contribution in [0.15, 0.2) is 84.9 Å². The lowest BCUT2D eigenvalue weighted by Crippen LogP contribution is -2.40. The lowest BCUT2D eigenvalue weighted by molar-refractivity contribution is -0.173. The maximum atomic E-state index is 15.0. The number of halogens is 3. The number of phenolic OH excluding ortho intramolecular Hbond substituents is 2. The van der Waals surface area contributed by atoms with Crippen molar-refractivity contribution in [3.63, 3.8) is 0 Å². The fraction of sp³-hybridized carbons (Fsp3) is 0.366. The number of Topliss-reactive ketones (excluding diaryl/α,β-unsaturated/α-hetero) is 2. The lowest BCUT2D eigenvalue weighted by Gasteiger charge is -2.34. The van der Waals surface area contributed by atoms with Gasteiger partial charge in [-0.15, -0.1) is 0 Å². The van der Waals surface area contributed by atoms with Crippen molar-refractivity contribution in [2.24, 2.45) is 0 Å². The summed E-state index contributed by atoms with van der Waals surface area (Å²) in [5, 5.41) is 21.0. The number of benzene rings is 4. The Morgan fingerprint density at radius 1 is 0.596 bits per heavy atom. The topological polar surface area (TPSA) is 145 Å². The summed E-state index contributed by atoms with van der Waals surface area (Å²) >= 11 is 0. The molecule has 4 aromatic rings. The molecule has 4 rings (SSSR count). The standard InChI is InChI=1S/C41H47F3N2O6/c1-40(41(42,43)44,30-10-20-38(49)28(24-30)26-34(47)8-4-2-6-22-51-36-16-12-32(45)13-17-36)31-11-21-39(50)29(25-31)27-35(48)9-5-3-7-23-52-37-18-14-33(46)15-19-37/h10-21,24-25,49-50H,2-9,22-23,26-27,45-46H2,1H3. The molecule has 6 N–H and O–H groups in total. The first-order valence-electron chi connectivity index (χ1n) is 17.5. The zero-order chi connectivity index (χ0) is 37.7. The molecule has 0 saturated heterocycles. The Labute approximate surface area is 302 Å². The van der Waals surface area contributed by atoms with Gasteiger partial charge in [0.05, 0.1) is 13.2 Å². The van der Waals surface area contributed by atoms with E-state index in [4.69, 9.17) is 20.9 Å². The van der Waals surface area contributed by atoms with Crippen molar-refractivity contribution < 1.29 is 42.4 Å². The number of carbonyl (C=O) groups excluding carboxylic acids is 2. The number of hydrogen-bond donors (Lipinski definition) is 4. The van der Waals surface area contributed by atoms with E-state index in [2.05, 4.69) is 0 Å². The van der Waals surface area contributed by atoms with Gasteiger partial charge in [0.1, 0.15) is 40.0 Å². The van der Waals surface area contributed by atoms with E-state index < -0.39 is 11.6 Å². The van der Waals surface area contributed by atoms with Gasteiger partial charge in [-0.2, -0.15) is 13.2 Å². The quantitative estimate of drug-likeness (QED) is 0.0525. The summed E-state index contributed by atoms with van der Waals surface area (Å²) in [4.78, 5) is 25.6. The predicted octanol–water partition coefficient (Wildman–Crippen LogP) is 8.63. The number of ether oxygens (including phenoxy) is 2. The highest BCUT2D eigenvalue weighted by Gasteiger charge is 2.53. The number of nitrogen functional groups attached to an aromatic ring is 2. The number of unbranched alkanes of at least 4 members (excludes halogenated alkanes) is 4. The minimum absolute atomic E-state index is 0.0951. The normalized spacial score (nSPS) is 11.7. The van der Waals surface area contributed by atoms with Crippen LogP contribution in [0.5, 0.6) is 23.0 Å². The number of carbonyl (C=O) groups is 2. The van der Waals surface area contributed by atoms with Crippen LogP contribution in [0.3, 0.4) is 0 Å². The van der Waals surface area contributed by atoms with Gasteiger partial charge >= 0.3 is 6.18 Å². The van der Waals surface area contributed by atoms with E-state index in [1.807, 2.05) is 0 Å². The second-order valence-electron chi connectivity index (χ2n) is 13.2. The third-order valence-electron chi connectivity index (χ3n) is 9.15. The Bertz CT molecular complexity index is 1650. The van der Waals surface area contributed by atoms with Gasteiger partial charge in [0.2, 0.25) is 0 Å². The zero-order valence-corrected chi connectivity index (χ0v) is 29.4.